The van der Waals surface area contributed by atoms with E-state index in [0.29, 0.717) is 38.1 Å². The normalized spacial score (nSPS) is 14.5. The molecule has 4 aromatic heterocycles. The summed E-state index contributed by atoms with van der Waals surface area (Å²) in [5.74, 6) is 2.89. The van der Waals surface area contributed by atoms with Crippen molar-refractivity contribution in [3.63, 3.8) is 0 Å². The zero-order valence-corrected chi connectivity index (χ0v) is 25.9. The molecule has 2 aliphatic heterocycles. The number of hydrogen-bond donors (Lipinski definition) is 0. The topological polar surface area (TPSA) is 78.8 Å². The lowest BCUT2D eigenvalue weighted by atomic mass is 10.0. The Morgan fingerprint density at radius 2 is 0.896 bits per heavy atom. The molecular weight excluding hydrogens is 596 g/mol. The van der Waals surface area contributed by atoms with Gasteiger partial charge in [0, 0.05) is 21.5 Å². The SMILES string of the molecule is c1cc(C2=NCCO2)nc(-n2c3ccccc3c3cc(-c4ccc5c(c4)c4ccccc4n5-c4cccc(C5=NCCO5)n4)ccc32)c1. The van der Waals surface area contributed by atoms with E-state index in [-0.39, 0.29) is 0 Å². The maximum absolute atomic E-state index is 5.72. The van der Waals surface area contributed by atoms with E-state index in [1.165, 1.54) is 21.5 Å². The molecule has 0 amide bonds. The minimum absolute atomic E-state index is 0.599. The number of pyridine rings is 2. The van der Waals surface area contributed by atoms with Crippen LogP contribution in [0.3, 0.4) is 0 Å². The van der Waals surface area contributed by atoms with Crippen LogP contribution in [0.2, 0.25) is 0 Å². The summed E-state index contributed by atoms with van der Waals surface area (Å²) < 4.78 is 15.9. The number of nitrogens with zero attached hydrogens (tertiary/aromatic N) is 6. The average Bonchev–Trinajstić information content (AvgIpc) is 3.97. The molecule has 0 fully saturated rings. The first-order valence-electron chi connectivity index (χ1n) is 16.2. The van der Waals surface area contributed by atoms with E-state index < -0.39 is 0 Å². The Balaban J connectivity index is 1.12. The van der Waals surface area contributed by atoms with Gasteiger partial charge in [-0.1, -0.05) is 60.7 Å². The molecule has 0 spiro atoms. The number of rotatable bonds is 5. The van der Waals surface area contributed by atoms with Crippen molar-refractivity contribution in [2.24, 2.45) is 9.98 Å². The van der Waals surface area contributed by atoms with Gasteiger partial charge in [0.05, 0.1) is 35.2 Å². The van der Waals surface area contributed by atoms with E-state index in [4.69, 9.17) is 19.4 Å². The predicted molar refractivity (Wildman–Crippen MR) is 191 cm³/mol. The number of ether oxygens (including phenoxy) is 2. The first-order chi connectivity index (χ1) is 23.8. The molecule has 6 heterocycles. The monoisotopic (exact) mass is 624 g/mol. The van der Waals surface area contributed by atoms with Gasteiger partial charge in [0.1, 0.15) is 36.2 Å². The third-order valence-electron chi connectivity index (χ3n) is 9.21. The fraction of sp³-hybridized carbons (Fsp3) is 0.100. The van der Waals surface area contributed by atoms with Gasteiger partial charge in [0.2, 0.25) is 11.8 Å². The van der Waals surface area contributed by atoms with Crippen molar-refractivity contribution in [3.8, 4) is 22.8 Å². The molecule has 48 heavy (non-hydrogen) atoms. The van der Waals surface area contributed by atoms with Crippen LogP contribution in [-0.2, 0) is 9.47 Å². The van der Waals surface area contributed by atoms with E-state index >= 15 is 0 Å². The Hall–Kier alpha value is -6.28. The molecule has 230 valence electrons. The highest BCUT2D eigenvalue weighted by molar-refractivity contribution is 6.12. The van der Waals surface area contributed by atoms with E-state index in [0.717, 1.165) is 56.2 Å². The lowest BCUT2D eigenvalue weighted by Gasteiger charge is -2.10. The third kappa shape index (κ3) is 4.15. The van der Waals surface area contributed by atoms with Gasteiger partial charge in [-0.3, -0.25) is 9.13 Å². The van der Waals surface area contributed by atoms with Gasteiger partial charge in [-0.15, -0.1) is 0 Å². The minimum Gasteiger partial charge on any atom is -0.474 e. The summed E-state index contributed by atoms with van der Waals surface area (Å²) in [6.45, 7) is 2.53. The van der Waals surface area contributed by atoms with Gasteiger partial charge in [-0.2, -0.15) is 0 Å². The first-order valence-corrected chi connectivity index (χ1v) is 16.2. The summed E-state index contributed by atoms with van der Waals surface area (Å²) in [5.41, 5.74) is 8.20. The molecule has 0 unspecified atom stereocenters. The van der Waals surface area contributed by atoms with Gasteiger partial charge in [0.15, 0.2) is 0 Å². The first kappa shape index (κ1) is 26.9. The number of para-hydroxylation sites is 2. The van der Waals surface area contributed by atoms with Crippen LogP contribution in [0.5, 0.6) is 0 Å². The Bertz CT molecular complexity index is 2460. The Labute approximate surface area is 275 Å². The fourth-order valence-corrected chi connectivity index (χ4v) is 7.11. The summed E-state index contributed by atoms with van der Waals surface area (Å²) in [7, 11) is 0. The number of aromatic nitrogens is 4. The largest absolute Gasteiger partial charge is 0.474 e. The molecule has 8 heteroatoms. The van der Waals surface area contributed by atoms with Gasteiger partial charge < -0.3 is 9.47 Å². The molecule has 8 nitrogen and oxygen atoms in total. The maximum Gasteiger partial charge on any atom is 0.235 e. The molecule has 10 rings (SSSR count). The minimum atomic E-state index is 0.599. The van der Waals surface area contributed by atoms with Crippen molar-refractivity contribution >= 4 is 55.4 Å². The van der Waals surface area contributed by atoms with E-state index in [2.05, 4.69) is 104 Å². The zero-order chi connectivity index (χ0) is 31.6. The lowest BCUT2D eigenvalue weighted by Crippen LogP contribution is -2.07. The van der Waals surface area contributed by atoms with Crippen LogP contribution in [-0.4, -0.2) is 57.2 Å². The third-order valence-corrected chi connectivity index (χ3v) is 9.21. The molecule has 0 saturated carbocycles. The second kappa shape index (κ2) is 10.6. The number of fused-ring (bicyclic) bond motifs is 6. The van der Waals surface area contributed by atoms with Crippen LogP contribution in [0.15, 0.2) is 131 Å². The molecular formula is C40H28N6O2. The van der Waals surface area contributed by atoms with Crippen molar-refractivity contribution < 1.29 is 9.47 Å². The molecule has 0 atom stereocenters. The number of benzene rings is 4. The maximum atomic E-state index is 5.72. The highest BCUT2D eigenvalue weighted by Gasteiger charge is 2.19. The quantitative estimate of drug-likeness (QED) is 0.195. The highest BCUT2D eigenvalue weighted by atomic mass is 16.5. The van der Waals surface area contributed by atoms with Crippen molar-refractivity contribution in [2.75, 3.05) is 26.3 Å². The van der Waals surface area contributed by atoms with Crippen molar-refractivity contribution in [1.29, 1.82) is 0 Å². The summed E-state index contributed by atoms with van der Waals surface area (Å²) in [6, 6.07) is 42.5. The molecule has 0 aliphatic carbocycles. The van der Waals surface area contributed by atoms with Crippen LogP contribution < -0.4 is 0 Å². The zero-order valence-electron chi connectivity index (χ0n) is 25.9. The Morgan fingerprint density at radius 1 is 0.438 bits per heavy atom. The molecule has 0 N–H and O–H groups in total. The molecule has 0 bridgehead atoms. The molecule has 4 aromatic carbocycles. The van der Waals surface area contributed by atoms with Gasteiger partial charge in [-0.25, -0.2) is 20.0 Å². The summed E-state index contributed by atoms with van der Waals surface area (Å²) >= 11 is 0. The average molecular weight is 625 g/mol. The molecule has 8 aromatic rings. The predicted octanol–water partition coefficient (Wildman–Crippen LogP) is 7.89. The standard InChI is InChI=1S/C40H28N6O2/c1-3-11-33-27(7-1)29-23-25(15-17-35(29)45(33)37-13-5-9-31(43-37)39-41-19-21-47-39)26-16-18-36-30(24-26)28-8-2-4-12-34(28)46(36)38-14-6-10-32(44-38)40-42-20-22-48-40/h1-18,23-24H,19-22H2. The number of hydrogen-bond acceptors (Lipinski definition) is 6. The lowest BCUT2D eigenvalue weighted by molar-refractivity contribution is 0.347. The smallest absolute Gasteiger partial charge is 0.235 e. The summed E-state index contributed by atoms with van der Waals surface area (Å²) in [5, 5.41) is 4.70. The van der Waals surface area contributed by atoms with E-state index in [1.54, 1.807) is 0 Å². The van der Waals surface area contributed by atoms with Crippen LogP contribution in [0.4, 0.5) is 0 Å². The van der Waals surface area contributed by atoms with Crippen LogP contribution >= 0.6 is 0 Å². The molecule has 2 aliphatic rings. The van der Waals surface area contributed by atoms with Gasteiger partial charge in [-0.05, 0) is 71.8 Å². The van der Waals surface area contributed by atoms with E-state index in [9.17, 15) is 0 Å². The van der Waals surface area contributed by atoms with E-state index in [1.807, 2.05) is 36.4 Å². The summed E-state index contributed by atoms with van der Waals surface area (Å²) in [4.78, 5) is 18.9. The van der Waals surface area contributed by atoms with Gasteiger partial charge in [0.25, 0.3) is 0 Å². The summed E-state index contributed by atoms with van der Waals surface area (Å²) in [6.07, 6.45) is 0. The Morgan fingerprint density at radius 3 is 1.35 bits per heavy atom. The van der Waals surface area contributed by atoms with Gasteiger partial charge >= 0.3 is 0 Å². The van der Waals surface area contributed by atoms with Crippen LogP contribution in [0, 0.1) is 0 Å². The van der Waals surface area contributed by atoms with Crippen molar-refractivity contribution in [3.05, 3.63) is 133 Å². The second-order valence-corrected chi connectivity index (χ2v) is 12.0. The van der Waals surface area contributed by atoms with Crippen molar-refractivity contribution in [1.82, 2.24) is 19.1 Å². The second-order valence-electron chi connectivity index (χ2n) is 12.0. The van der Waals surface area contributed by atoms with Crippen molar-refractivity contribution in [2.45, 2.75) is 0 Å². The highest BCUT2D eigenvalue weighted by Crippen LogP contribution is 2.38. The number of aliphatic imine (C=N–C) groups is 2. The Kier molecular flexibility index (Phi) is 5.96. The van der Waals surface area contributed by atoms with Crippen LogP contribution in [0.25, 0.3) is 66.4 Å². The van der Waals surface area contributed by atoms with Crippen LogP contribution in [0.1, 0.15) is 11.4 Å². The molecule has 0 radical (unpaired) electrons. The molecule has 0 saturated heterocycles. The fourth-order valence-electron chi connectivity index (χ4n) is 7.11.